The van der Waals surface area contributed by atoms with E-state index < -0.39 is 0 Å². The predicted octanol–water partition coefficient (Wildman–Crippen LogP) is 11.4. The van der Waals surface area contributed by atoms with Gasteiger partial charge in [-0.15, -0.1) is 0 Å². The van der Waals surface area contributed by atoms with Crippen LogP contribution in [0.15, 0.2) is 48.5 Å². The molecule has 0 saturated carbocycles. The molecular weight excluding hydrogens is 585 g/mol. The lowest BCUT2D eigenvalue weighted by molar-refractivity contribution is 1.07. The lowest BCUT2D eigenvalue weighted by Gasteiger charge is -2.08. The maximum atomic E-state index is 5.49. The molecule has 8 bridgehead atoms. The average molecular weight is 635 g/mol. The topological polar surface area (TPSA) is 57.4 Å². The van der Waals surface area contributed by atoms with Crippen molar-refractivity contribution in [1.82, 2.24) is 19.9 Å². The highest BCUT2D eigenvalue weighted by atomic mass is 14.8. The first-order valence-corrected chi connectivity index (χ1v) is 18.3. The molecule has 48 heavy (non-hydrogen) atoms. The van der Waals surface area contributed by atoms with Crippen LogP contribution in [-0.2, 0) is 25.7 Å². The molecule has 0 aliphatic carbocycles. The fourth-order valence-electron chi connectivity index (χ4n) is 7.96. The molecule has 0 atom stereocenters. The van der Waals surface area contributed by atoms with Gasteiger partial charge in [0.1, 0.15) is 0 Å². The zero-order valence-corrected chi connectivity index (χ0v) is 30.2. The summed E-state index contributed by atoms with van der Waals surface area (Å²) in [6, 6.07) is 17.2. The van der Waals surface area contributed by atoms with Gasteiger partial charge in [0.25, 0.3) is 0 Å². The number of aromatic amines is 2. The van der Waals surface area contributed by atoms with Crippen molar-refractivity contribution in [2.45, 2.75) is 107 Å². The van der Waals surface area contributed by atoms with Crippen LogP contribution in [0.1, 0.15) is 137 Å². The lowest BCUT2D eigenvalue weighted by Crippen LogP contribution is -1.95. The summed E-state index contributed by atoms with van der Waals surface area (Å²) in [5, 5.41) is 0. The van der Waals surface area contributed by atoms with Crippen molar-refractivity contribution >= 4 is 44.4 Å². The van der Waals surface area contributed by atoms with Crippen molar-refractivity contribution < 1.29 is 0 Å². The van der Waals surface area contributed by atoms with Crippen molar-refractivity contribution in [3.8, 4) is 11.8 Å². The van der Waals surface area contributed by atoms with E-state index in [-0.39, 0.29) is 0 Å². The van der Waals surface area contributed by atoms with Gasteiger partial charge in [0.2, 0.25) is 0 Å². The van der Waals surface area contributed by atoms with Crippen molar-refractivity contribution in [2.24, 2.45) is 0 Å². The summed E-state index contributed by atoms with van der Waals surface area (Å²) in [4.78, 5) is 18.7. The molecular formula is C44H50N4. The quantitative estimate of drug-likeness (QED) is 0.189. The summed E-state index contributed by atoms with van der Waals surface area (Å²) >= 11 is 0. The van der Waals surface area contributed by atoms with Crippen molar-refractivity contribution in [1.29, 1.82) is 0 Å². The van der Waals surface area contributed by atoms with Crippen LogP contribution in [0.5, 0.6) is 0 Å². The van der Waals surface area contributed by atoms with E-state index in [1.54, 1.807) is 0 Å². The van der Waals surface area contributed by atoms with Gasteiger partial charge in [-0.1, -0.05) is 85.4 Å². The SMILES string of the molecule is CCC1=C(CC)c2nc1cc1[nH]c(cc3[nH]c(cc4nc(c2C#Cc2ccccc2)C(CC)=C4CC)c(CC)c3CC)c(CC)c1CC. The minimum Gasteiger partial charge on any atom is -0.355 e. The Labute approximate surface area is 286 Å². The van der Waals surface area contributed by atoms with E-state index in [4.69, 9.17) is 9.97 Å². The molecule has 4 heteroatoms. The molecule has 2 aliphatic rings. The molecule has 2 aliphatic heterocycles. The van der Waals surface area contributed by atoms with Crippen molar-refractivity contribution in [3.05, 3.63) is 105 Å². The number of H-pyrrole nitrogens is 2. The normalized spacial score (nSPS) is 12.9. The molecule has 0 unspecified atom stereocenters. The first-order valence-electron chi connectivity index (χ1n) is 18.3. The monoisotopic (exact) mass is 634 g/mol. The van der Waals surface area contributed by atoms with Gasteiger partial charge in [0.15, 0.2) is 0 Å². The van der Waals surface area contributed by atoms with Gasteiger partial charge in [0, 0.05) is 27.6 Å². The van der Waals surface area contributed by atoms with Gasteiger partial charge in [-0.3, -0.25) is 0 Å². The molecule has 246 valence electrons. The third-order valence-electron chi connectivity index (χ3n) is 10.2. The molecule has 0 spiro atoms. The number of aromatic nitrogens is 4. The molecule has 4 nitrogen and oxygen atoms in total. The lowest BCUT2D eigenvalue weighted by atomic mass is 9.94. The predicted molar refractivity (Wildman–Crippen MR) is 206 cm³/mol. The van der Waals surface area contributed by atoms with Gasteiger partial charge in [-0.05, 0) is 126 Å². The summed E-state index contributed by atoms with van der Waals surface area (Å²) in [5.74, 6) is 7.16. The van der Waals surface area contributed by atoms with Crippen LogP contribution in [-0.4, -0.2) is 19.9 Å². The number of hydrogen-bond acceptors (Lipinski definition) is 2. The van der Waals surface area contributed by atoms with Gasteiger partial charge < -0.3 is 9.97 Å². The number of rotatable bonds is 8. The van der Waals surface area contributed by atoms with Gasteiger partial charge in [-0.2, -0.15) is 0 Å². The summed E-state index contributed by atoms with van der Waals surface area (Å²) < 4.78 is 0. The molecule has 0 radical (unpaired) electrons. The minimum atomic E-state index is 0.882. The van der Waals surface area contributed by atoms with Crippen LogP contribution < -0.4 is 0 Å². The second-order valence-electron chi connectivity index (χ2n) is 12.7. The van der Waals surface area contributed by atoms with Crippen LogP contribution in [0.25, 0.3) is 44.4 Å². The molecule has 3 aromatic heterocycles. The fraction of sp³-hybridized carbons (Fsp3) is 0.364. The Morgan fingerprint density at radius 1 is 0.458 bits per heavy atom. The first kappa shape index (κ1) is 33.3. The van der Waals surface area contributed by atoms with Crippen molar-refractivity contribution in [2.75, 3.05) is 0 Å². The Morgan fingerprint density at radius 2 is 0.854 bits per heavy atom. The van der Waals surface area contributed by atoms with Crippen LogP contribution in [0.4, 0.5) is 0 Å². The molecule has 5 heterocycles. The standard InChI is InChI=1S/C44H50N4/c1-9-28-30(11-3)39-25-41-32(13-5)34(15-7)43(47-41)36(23-22-27-20-18-17-19-21-27)44-35(16-8)33(14-6)42(48-44)26-40-31(12-4)29(10-2)38(46-40)24-37(28)45-39/h17-21,24-26,45-46H,9-16H2,1-8H3. The minimum absolute atomic E-state index is 0.882. The smallest absolute Gasteiger partial charge is 0.0851 e. The summed E-state index contributed by atoms with van der Waals surface area (Å²) in [6.45, 7) is 18.1. The molecule has 4 aromatic rings. The van der Waals surface area contributed by atoms with Gasteiger partial charge >= 0.3 is 0 Å². The number of nitrogens with zero attached hydrogens (tertiary/aromatic N) is 2. The molecule has 0 saturated heterocycles. The summed E-state index contributed by atoms with van der Waals surface area (Å²) in [5.41, 5.74) is 21.4. The molecule has 0 amide bonds. The summed E-state index contributed by atoms with van der Waals surface area (Å²) in [6.07, 6.45) is 7.42. The van der Waals surface area contributed by atoms with Gasteiger partial charge in [-0.25, -0.2) is 9.97 Å². The maximum Gasteiger partial charge on any atom is 0.0851 e. The number of nitrogens with one attached hydrogen (secondary N) is 2. The highest BCUT2D eigenvalue weighted by Gasteiger charge is 2.26. The van der Waals surface area contributed by atoms with E-state index in [2.05, 4.69) is 108 Å². The fourth-order valence-corrected chi connectivity index (χ4v) is 7.96. The van der Waals surface area contributed by atoms with E-state index >= 15 is 0 Å². The highest BCUT2D eigenvalue weighted by Crippen LogP contribution is 2.41. The zero-order valence-electron chi connectivity index (χ0n) is 30.2. The molecule has 0 fully saturated rings. The summed E-state index contributed by atoms with van der Waals surface area (Å²) in [7, 11) is 0. The number of hydrogen-bond donors (Lipinski definition) is 2. The van der Waals surface area contributed by atoms with Crippen LogP contribution in [0.2, 0.25) is 0 Å². The van der Waals surface area contributed by atoms with E-state index in [1.807, 2.05) is 18.2 Å². The Balaban J connectivity index is 1.89. The molecule has 6 rings (SSSR count). The largest absolute Gasteiger partial charge is 0.355 e. The zero-order chi connectivity index (χ0) is 33.9. The van der Waals surface area contributed by atoms with Crippen LogP contribution in [0, 0.1) is 11.8 Å². The van der Waals surface area contributed by atoms with E-state index in [0.717, 1.165) is 96.3 Å². The second-order valence-corrected chi connectivity index (χ2v) is 12.7. The van der Waals surface area contributed by atoms with Gasteiger partial charge in [0.05, 0.1) is 28.3 Å². The number of allylic oxidation sites excluding steroid dienone is 4. The van der Waals surface area contributed by atoms with E-state index in [0.29, 0.717) is 0 Å². The average Bonchev–Trinajstić information content (AvgIpc) is 3.84. The highest BCUT2D eigenvalue weighted by molar-refractivity contribution is 5.99. The van der Waals surface area contributed by atoms with Crippen LogP contribution >= 0.6 is 0 Å². The van der Waals surface area contributed by atoms with Crippen LogP contribution in [0.3, 0.4) is 0 Å². The van der Waals surface area contributed by atoms with E-state index in [1.165, 1.54) is 55.6 Å². The number of benzene rings is 1. The Morgan fingerprint density at radius 3 is 1.23 bits per heavy atom. The maximum absolute atomic E-state index is 5.49. The first-order chi connectivity index (χ1) is 23.4. The Bertz CT molecular complexity index is 2030. The third kappa shape index (κ3) is 5.74. The van der Waals surface area contributed by atoms with E-state index in [9.17, 15) is 0 Å². The Hall–Kier alpha value is -4.62. The molecule has 1 aromatic carbocycles. The number of aryl methyl sites for hydroxylation is 4. The Kier molecular flexibility index (Phi) is 9.88. The molecule has 2 N–H and O–H groups in total. The second kappa shape index (κ2) is 14.2. The third-order valence-corrected chi connectivity index (χ3v) is 10.2. The number of fused-ring (bicyclic) bond motifs is 8. The van der Waals surface area contributed by atoms with Crippen molar-refractivity contribution in [3.63, 3.8) is 0 Å².